The van der Waals surface area contributed by atoms with Gasteiger partial charge in [0.05, 0.1) is 0 Å². The summed E-state index contributed by atoms with van der Waals surface area (Å²) in [4.78, 5) is 11.2. The average molecular weight is 211 g/mol. The molecule has 16 heavy (non-hydrogen) atoms. The molecule has 0 aromatic heterocycles. The van der Waals surface area contributed by atoms with Crippen molar-refractivity contribution in [2.24, 2.45) is 5.73 Å². The van der Waals surface area contributed by atoms with Gasteiger partial charge in [-0.15, -0.1) is 0 Å². The monoisotopic (exact) mass is 211 g/mol. The number of carbonyl (C=O) groups is 1. The lowest BCUT2D eigenvalue weighted by Crippen LogP contribution is -2.31. The van der Waals surface area contributed by atoms with Gasteiger partial charge in [0.2, 0.25) is 5.91 Å². The molecule has 1 amide bonds. The van der Waals surface area contributed by atoms with Crippen LogP contribution in [0.3, 0.4) is 0 Å². The minimum atomic E-state index is -0.350. The molecule has 2 N–H and O–H groups in total. The number of rotatable bonds is 1. The third-order valence-electron chi connectivity index (χ3n) is 3.38. The van der Waals surface area contributed by atoms with E-state index in [-0.39, 0.29) is 5.91 Å². The normalized spacial score (nSPS) is 17.2. The molecular formula is C14H13NO. The zero-order chi connectivity index (χ0) is 11.1. The molecule has 0 spiro atoms. The topological polar surface area (TPSA) is 43.1 Å². The first-order chi connectivity index (χ1) is 7.75. The molecule has 3 rings (SSSR count). The van der Waals surface area contributed by atoms with Gasteiger partial charge >= 0.3 is 0 Å². The second kappa shape index (κ2) is 3.34. The summed E-state index contributed by atoms with van der Waals surface area (Å²) in [6.07, 6.45) is 7.77. The molecule has 2 nitrogen and oxygen atoms in total. The van der Waals surface area contributed by atoms with Crippen LogP contribution in [0.4, 0.5) is 0 Å². The lowest BCUT2D eigenvalue weighted by molar-refractivity contribution is 0.1000. The molecule has 0 atom stereocenters. The van der Waals surface area contributed by atoms with Gasteiger partial charge in [0.1, 0.15) is 0 Å². The Bertz CT molecular complexity index is 623. The van der Waals surface area contributed by atoms with Crippen molar-refractivity contribution in [1.82, 2.24) is 0 Å². The van der Waals surface area contributed by atoms with Gasteiger partial charge in [-0.1, -0.05) is 18.2 Å². The van der Waals surface area contributed by atoms with E-state index in [1.807, 2.05) is 18.2 Å². The number of allylic oxidation sites excluding steroid dienone is 2. The summed E-state index contributed by atoms with van der Waals surface area (Å²) in [7, 11) is 0. The summed E-state index contributed by atoms with van der Waals surface area (Å²) in [5.74, 6) is -0.350. The van der Waals surface area contributed by atoms with Gasteiger partial charge in [-0.3, -0.25) is 4.79 Å². The lowest BCUT2D eigenvalue weighted by Gasteiger charge is -2.10. The quantitative estimate of drug-likeness (QED) is 0.735. The molecule has 0 bridgehead atoms. The maximum absolute atomic E-state index is 11.2. The minimum absolute atomic E-state index is 0.350. The van der Waals surface area contributed by atoms with Crippen molar-refractivity contribution < 1.29 is 4.79 Å². The van der Waals surface area contributed by atoms with Crippen molar-refractivity contribution in [3.05, 3.63) is 45.8 Å². The molecule has 0 fully saturated rings. The van der Waals surface area contributed by atoms with Crippen LogP contribution in [0.25, 0.3) is 11.6 Å². The van der Waals surface area contributed by atoms with E-state index in [0.717, 1.165) is 19.3 Å². The second-order valence-corrected chi connectivity index (χ2v) is 4.32. The SMILES string of the molecule is NC(=O)c1ccc2c(c1)=C1CCC=C1CC=2. The number of hydrogen-bond acceptors (Lipinski definition) is 1. The van der Waals surface area contributed by atoms with Crippen molar-refractivity contribution in [2.75, 3.05) is 0 Å². The highest BCUT2D eigenvalue weighted by Gasteiger charge is 2.15. The van der Waals surface area contributed by atoms with Crippen LogP contribution in [0.5, 0.6) is 0 Å². The van der Waals surface area contributed by atoms with Crippen LogP contribution in [-0.4, -0.2) is 5.91 Å². The van der Waals surface area contributed by atoms with Crippen molar-refractivity contribution in [2.45, 2.75) is 19.3 Å². The summed E-state index contributed by atoms with van der Waals surface area (Å²) in [5.41, 5.74) is 8.74. The predicted molar refractivity (Wildman–Crippen MR) is 64.0 cm³/mol. The second-order valence-electron chi connectivity index (χ2n) is 4.32. The zero-order valence-electron chi connectivity index (χ0n) is 8.99. The Balaban J connectivity index is 2.35. The largest absolute Gasteiger partial charge is 0.366 e. The number of amides is 1. The van der Waals surface area contributed by atoms with E-state index in [9.17, 15) is 4.79 Å². The molecule has 1 aromatic carbocycles. The van der Waals surface area contributed by atoms with Gasteiger partial charge in [-0.05, 0) is 53.0 Å². The van der Waals surface area contributed by atoms with Crippen LogP contribution >= 0.6 is 0 Å². The molecule has 0 aliphatic heterocycles. The maximum Gasteiger partial charge on any atom is 0.248 e. The molecule has 2 aliphatic carbocycles. The van der Waals surface area contributed by atoms with Crippen molar-refractivity contribution in [3.63, 3.8) is 0 Å². The number of hydrogen-bond donors (Lipinski definition) is 1. The van der Waals surface area contributed by atoms with Crippen molar-refractivity contribution in [1.29, 1.82) is 0 Å². The highest BCUT2D eigenvalue weighted by molar-refractivity contribution is 5.93. The molecular weight excluding hydrogens is 198 g/mol. The van der Waals surface area contributed by atoms with E-state index in [1.165, 1.54) is 21.6 Å². The number of benzene rings is 1. The molecule has 0 heterocycles. The number of nitrogens with two attached hydrogens (primary N) is 1. The van der Waals surface area contributed by atoms with Crippen LogP contribution in [-0.2, 0) is 0 Å². The number of fused-ring (bicyclic) bond motifs is 2. The van der Waals surface area contributed by atoms with E-state index >= 15 is 0 Å². The molecule has 2 aliphatic rings. The molecule has 2 heteroatoms. The zero-order valence-corrected chi connectivity index (χ0v) is 8.99. The van der Waals surface area contributed by atoms with Gasteiger partial charge < -0.3 is 5.73 Å². The van der Waals surface area contributed by atoms with Crippen molar-refractivity contribution in [3.8, 4) is 0 Å². The fourth-order valence-corrected chi connectivity index (χ4v) is 2.56. The highest BCUT2D eigenvalue weighted by Crippen LogP contribution is 2.28. The molecule has 0 saturated carbocycles. The Morgan fingerprint density at radius 3 is 2.94 bits per heavy atom. The Morgan fingerprint density at radius 2 is 2.12 bits per heavy atom. The van der Waals surface area contributed by atoms with E-state index < -0.39 is 0 Å². The molecule has 0 radical (unpaired) electrons. The van der Waals surface area contributed by atoms with Gasteiger partial charge in [0, 0.05) is 5.56 Å². The standard InChI is InChI=1S/C14H13NO/c15-14(16)11-7-6-10-5-4-9-2-1-3-12(9)13(10)8-11/h2,5-8H,1,3-4H2,(H2,15,16). The maximum atomic E-state index is 11.2. The van der Waals surface area contributed by atoms with Gasteiger partial charge in [-0.25, -0.2) is 0 Å². The van der Waals surface area contributed by atoms with Gasteiger partial charge in [0.15, 0.2) is 0 Å². The van der Waals surface area contributed by atoms with Crippen LogP contribution in [0.1, 0.15) is 29.6 Å². The molecule has 80 valence electrons. The first kappa shape index (κ1) is 9.40. The predicted octanol–water partition coefficient (Wildman–Crippen LogP) is 0.841. The fraction of sp³-hybridized carbons (Fsp3) is 0.214. The Labute approximate surface area is 93.8 Å². The van der Waals surface area contributed by atoms with E-state index in [0.29, 0.717) is 5.56 Å². The summed E-state index contributed by atoms with van der Waals surface area (Å²) >= 11 is 0. The molecule has 0 saturated heterocycles. The summed E-state index contributed by atoms with van der Waals surface area (Å²) in [6, 6.07) is 5.74. The van der Waals surface area contributed by atoms with E-state index in [2.05, 4.69) is 12.2 Å². The average Bonchev–Trinajstić information content (AvgIpc) is 2.76. The summed E-state index contributed by atoms with van der Waals surface area (Å²) < 4.78 is 0. The lowest BCUT2D eigenvalue weighted by atomic mass is 9.95. The first-order valence-electron chi connectivity index (χ1n) is 5.58. The van der Waals surface area contributed by atoms with Crippen LogP contribution in [0.2, 0.25) is 0 Å². The molecule has 1 aromatic rings. The minimum Gasteiger partial charge on any atom is -0.366 e. The third kappa shape index (κ3) is 1.30. The van der Waals surface area contributed by atoms with Crippen LogP contribution in [0.15, 0.2) is 29.8 Å². The summed E-state index contributed by atoms with van der Waals surface area (Å²) in [5, 5.41) is 2.44. The molecule has 0 unspecified atom stereocenters. The third-order valence-corrected chi connectivity index (χ3v) is 3.38. The Kier molecular flexibility index (Phi) is 1.96. The van der Waals surface area contributed by atoms with Crippen LogP contribution < -0.4 is 16.2 Å². The smallest absolute Gasteiger partial charge is 0.248 e. The highest BCUT2D eigenvalue weighted by atomic mass is 16.1. The fourth-order valence-electron chi connectivity index (χ4n) is 2.56. The van der Waals surface area contributed by atoms with Crippen molar-refractivity contribution >= 4 is 17.6 Å². The van der Waals surface area contributed by atoms with E-state index in [4.69, 9.17) is 5.73 Å². The Morgan fingerprint density at radius 1 is 1.25 bits per heavy atom. The van der Waals surface area contributed by atoms with Gasteiger partial charge in [-0.2, -0.15) is 0 Å². The van der Waals surface area contributed by atoms with Crippen LogP contribution in [0, 0.1) is 0 Å². The number of primary amides is 1. The van der Waals surface area contributed by atoms with Gasteiger partial charge in [0.25, 0.3) is 0 Å². The number of carbonyl (C=O) groups excluding carboxylic acids is 1. The first-order valence-corrected chi connectivity index (χ1v) is 5.58. The Hall–Kier alpha value is -1.83. The summed E-state index contributed by atoms with van der Waals surface area (Å²) in [6.45, 7) is 0. The van der Waals surface area contributed by atoms with E-state index in [1.54, 1.807) is 0 Å².